The third kappa shape index (κ3) is 3.86. The van der Waals surface area contributed by atoms with Gasteiger partial charge >= 0.3 is 0 Å². The summed E-state index contributed by atoms with van der Waals surface area (Å²) in [6.07, 6.45) is 2.98. The second-order valence-corrected chi connectivity index (χ2v) is 5.58. The fourth-order valence-corrected chi connectivity index (χ4v) is 2.56. The summed E-state index contributed by atoms with van der Waals surface area (Å²) in [5, 5.41) is 3.06. The maximum Gasteiger partial charge on any atom is 0.244 e. The summed E-state index contributed by atoms with van der Waals surface area (Å²) < 4.78 is 24.4. The van der Waals surface area contributed by atoms with Crippen LogP contribution in [-0.4, -0.2) is 19.1 Å². The summed E-state index contributed by atoms with van der Waals surface area (Å²) in [6, 6.07) is 9.74. The Morgan fingerprint density at radius 1 is 1.25 bits per heavy atom. The Kier molecular flexibility index (Phi) is 5.01. The largest absolute Gasteiger partial charge is 0.486 e. The number of amides is 1. The van der Waals surface area contributed by atoms with Crippen molar-refractivity contribution in [1.29, 1.82) is 0 Å². The maximum atomic E-state index is 13.5. The summed E-state index contributed by atoms with van der Waals surface area (Å²) in [4.78, 5) is 11.9. The Bertz CT molecular complexity index is 792. The van der Waals surface area contributed by atoms with E-state index in [0.29, 0.717) is 40.9 Å². The number of benzene rings is 2. The molecule has 3 rings (SSSR count). The molecule has 1 N–H and O–H groups in total. The Morgan fingerprint density at radius 3 is 2.88 bits per heavy atom. The van der Waals surface area contributed by atoms with Crippen LogP contribution in [0.4, 0.5) is 4.39 Å². The molecule has 0 radical (unpaired) electrons. The van der Waals surface area contributed by atoms with Crippen molar-refractivity contribution < 1.29 is 18.7 Å². The molecule has 2 aromatic rings. The number of halogens is 2. The van der Waals surface area contributed by atoms with Crippen LogP contribution in [0.5, 0.6) is 11.5 Å². The normalized spacial score (nSPS) is 13.1. The SMILES string of the molecule is O=C(/C=C/c1cc(Cl)c2c(c1)OCCO2)NCc1ccccc1F. The smallest absolute Gasteiger partial charge is 0.244 e. The standard InChI is InChI=1S/C18H15ClFNO3/c19-14-9-12(10-16-18(14)24-8-7-23-16)5-6-17(22)21-11-13-3-1-2-4-15(13)20/h1-6,9-10H,7-8,11H2,(H,21,22)/b6-5+. The van der Waals surface area contributed by atoms with Gasteiger partial charge in [-0.1, -0.05) is 29.8 Å². The lowest BCUT2D eigenvalue weighted by Crippen LogP contribution is -2.20. The van der Waals surface area contributed by atoms with Gasteiger partial charge < -0.3 is 14.8 Å². The van der Waals surface area contributed by atoms with Crippen LogP contribution < -0.4 is 14.8 Å². The van der Waals surface area contributed by atoms with Crippen LogP contribution in [0.2, 0.25) is 5.02 Å². The van der Waals surface area contributed by atoms with Gasteiger partial charge in [-0.05, 0) is 29.8 Å². The first-order chi connectivity index (χ1) is 11.6. The first-order valence-electron chi connectivity index (χ1n) is 7.42. The molecular weight excluding hydrogens is 333 g/mol. The molecule has 0 atom stereocenters. The van der Waals surface area contributed by atoms with Gasteiger partial charge in [0.25, 0.3) is 0 Å². The molecule has 0 saturated heterocycles. The molecule has 1 heterocycles. The van der Waals surface area contributed by atoms with Gasteiger partial charge in [0.15, 0.2) is 11.5 Å². The van der Waals surface area contributed by atoms with E-state index < -0.39 is 0 Å². The Hall–Kier alpha value is -2.53. The van der Waals surface area contributed by atoms with Crippen molar-refractivity contribution >= 4 is 23.6 Å². The molecule has 0 bridgehead atoms. The molecule has 24 heavy (non-hydrogen) atoms. The maximum absolute atomic E-state index is 13.5. The Labute approximate surface area is 143 Å². The molecule has 0 aliphatic carbocycles. The van der Waals surface area contributed by atoms with Gasteiger partial charge in [-0.3, -0.25) is 4.79 Å². The second-order valence-electron chi connectivity index (χ2n) is 5.17. The lowest BCUT2D eigenvalue weighted by molar-refractivity contribution is -0.116. The van der Waals surface area contributed by atoms with E-state index in [2.05, 4.69) is 5.32 Å². The van der Waals surface area contributed by atoms with Crippen LogP contribution in [0, 0.1) is 5.82 Å². The van der Waals surface area contributed by atoms with Crippen LogP contribution >= 0.6 is 11.6 Å². The first kappa shape index (κ1) is 16.3. The number of nitrogens with one attached hydrogen (secondary N) is 1. The first-order valence-corrected chi connectivity index (χ1v) is 7.80. The van der Waals surface area contributed by atoms with Gasteiger partial charge in [-0.15, -0.1) is 0 Å². The number of ether oxygens (including phenoxy) is 2. The molecule has 1 aliphatic rings. The van der Waals surface area contributed by atoms with Crippen LogP contribution in [-0.2, 0) is 11.3 Å². The number of fused-ring (bicyclic) bond motifs is 1. The lowest BCUT2D eigenvalue weighted by atomic mass is 10.1. The van der Waals surface area contributed by atoms with Crippen LogP contribution in [0.25, 0.3) is 6.08 Å². The zero-order valence-electron chi connectivity index (χ0n) is 12.7. The minimum absolute atomic E-state index is 0.123. The average Bonchev–Trinajstić information content (AvgIpc) is 2.59. The van der Waals surface area contributed by atoms with Crippen molar-refractivity contribution in [3.63, 3.8) is 0 Å². The zero-order valence-corrected chi connectivity index (χ0v) is 13.5. The molecule has 1 amide bonds. The van der Waals surface area contributed by atoms with Gasteiger partial charge in [0.1, 0.15) is 19.0 Å². The number of hydrogen-bond acceptors (Lipinski definition) is 3. The van der Waals surface area contributed by atoms with Crippen LogP contribution in [0.15, 0.2) is 42.5 Å². The van der Waals surface area contributed by atoms with Gasteiger partial charge in [-0.25, -0.2) is 4.39 Å². The third-order valence-corrected chi connectivity index (χ3v) is 3.74. The van der Waals surface area contributed by atoms with E-state index in [-0.39, 0.29) is 18.3 Å². The molecule has 1 aliphatic heterocycles. The molecule has 4 nitrogen and oxygen atoms in total. The lowest BCUT2D eigenvalue weighted by Gasteiger charge is -2.19. The molecule has 6 heteroatoms. The Morgan fingerprint density at radius 2 is 2.04 bits per heavy atom. The predicted molar refractivity (Wildman–Crippen MR) is 89.7 cm³/mol. The van der Waals surface area contributed by atoms with Crippen LogP contribution in [0.3, 0.4) is 0 Å². The number of carbonyl (C=O) groups excluding carboxylic acids is 1. The third-order valence-electron chi connectivity index (χ3n) is 3.46. The summed E-state index contributed by atoms with van der Waals surface area (Å²) >= 11 is 6.14. The molecule has 0 spiro atoms. The van der Waals surface area contributed by atoms with Crippen molar-refractivity contribution in [1.82, 2.24) is 5.32 Å². The summed E-state index contributed by atoms with van der Waals surface area (Å²) in [5.74, 6) is 0.397. The molecule has 2 aromatic carbocycles. The van der Waals surface area contributed by atoms with E-state index >= 15 is 0 Å². The van der Waals surface area contributed by atoms with Crippen molar-refractivity contribution in [2.24, 2.45) is 0 Å². The van der Waals surface area contributed by atoms with E-state index in [1.807, 2.05) is 0 Å². The molecule has 124 valence electrons. The number of carbonyl (C=O) groups is 1. The Balaban J connectivity index is 1.64. The fourth-order valence-electron chi connectivity index (χ4n) is 2.28. The van der Waals surface area contributed by atoms with Crippen molar-refractivity contribution in [3.8, 4) is 11.5 Å². The highest BCUT2D eigenvalue weighted by molar-refractivity contribution is 6.32. The number of rotatable bonds is 4. The van der Waals surface area contributed by atoms with E-state index in [9.17, 15) is 9.18 Å². The van der Waals surface area contributed by atoms with Gasteiger partial charge in [0.2, 0.25) is 5.91 Å². The molecule has 0 aromatic heterocycles. The highest BCUT2D eigenvalue weighted by atomic mass is 35.5. The second kappa shape index (κ2) is 7.36. The van der Waals surface area contributed by atoms with Gasteiger partial charge in [0.05, 0.1) is 5.02 Å². The van der Waals surface area contributed by atoms with Gasteiger partial charge in [-0.2, -0.15) is 0 Å². The van der Waals surface area contributed by atoms with E-state index in [0.717, 1.165) is 0 Å². The molecule has 0 saturated carbocycles. The average molecular weight is 348 g/mol. The van der Waals surface area contributed by atoms with Crippen LogP contribution in [0.1, 0.15) is 11.1 Å². The fraction of sp³-hybridized carbons (Fsp3) is 0.167. The highest BCUT2D eigenvalue weighted by Gasteiger charge is 2.15. The van der Waals surface area contributed by atoms with E-state index in [4.69, 9.17) is 21.1 Å². The monoisotopic (exact) mass is 347 g/mol. The van der Waals surface area contributed by atoms with Crippen molar-refractivity contribution in [2.75, 3.05) is 13.2 Å². The minimum atomic E-state index is -0.347. The molecular formula is C18H15ClFNO3. The summed E-state index contributed by atoms with van der Waals surface area (Å²) in [7, 11) is 0. The predicted octanol–water partition coefficient (Wildman–Crippen LogP) is 3.58. The van der Waals surface area contributed by atoms with Crippen molar-refractivity contribution in [3.05, 3.63) is 64.4 Å². The zero-order chi connectivity index (χ0) is 16.9. The number of hydrogen-bond donors (Lipinski definition) is 1. The van der Waals surface area contributed by atoms with Gasteiger partial charge in [0, 0.05) is 18.2 Å². The van der Waals surface area contributed by atoms with Crippen molar-refractivity contribution in [2.45, 2.75) is 6.54 Å². The highest BCUT2D eigenvalue weighted by Crippen LogP contribution is 2.38. The molecule has 0 unspecified atom stereocenters. The summed E-state index contributed by atoms with van der Waals surface area (Å²) in [5.41, 5.74) is 1.15. The molecule has 0 fully saturated rings. The summed E-state index contributed by atoms with van der Waals surface area (Å²) in [6.45, 7) is 1.04. The quantitative estimate of drug-likeness (QED) is 0.860. The minimum Gasteiger partial charge on any atom is -0.486 e. The van der Waals surface area contributed by atoms with E-state index in [1.54, 1.807) is 36.4 Å². The van der Waals surface area contributed by atoms with E-state index in [1.165, 1.54) is 12.1 Å². The topological polar surface area (TPSA) is 47.6 Å².